The van der Waals surface area contributed by atoms with Crippen LogP contribution in [0.4, 0.5) is 0 Å². The van der Waals surface area contributed by atoms with Crippen molar-refractivity contribution in [3.05, 3.63) is 45.5 Å². The molecule has 7 heteroatoms. The maximum Gasteiger partial charge on any atom is 0.340 e. The number of carbonyl (C=O) groups excluding carboxylic acids is 1. The van der Waals surface area contributed by atoms with Crippen molar-refractivity contribution in [1.82, 2.24) is 4.90 Å². The summed E-state index contributed by atoms with van der Waals surface area (Å²) < 4.78 is 10.9. The molecule has 0 unspecified atom stereocenters. The fourth-order valence-electron chi connectivity index (χ4n) is 3.82. The molecule has 4 rings (SSSR count). The molecule has 1 fully saturated rings. The molecule has 1 amide bonds. The van der Waals surface area contributed by atoms with Gasteiger partial charge in [-0.05, 0) is 43.9 Å². The molecule has 3 aromatic rings. The van der Waals surface area contributed by atoms with E-state index in [9.17, 15) is 19.5 Å². The molecule has 140 valence electrons. The minimum absolute atomic E-state index is 0.170. The van der Waals surface area contributed by atoms with Gasteiger partial charge in [0.25, 0.3) is 0 Å². The highest BCUT2D eigenvalue weighted by Crippen LogP contribution is 2.29. The lowest BCUT2D eigenvalue weighted by molar-refractivity contribution is -0.148. The van der Waals surface area contributed by atoms with E-state index in [1.54, 1.807) is 19.3 Å². The summed E-state index contributed by atoms with van der Waals surface area (Å²) in [6.07, 6.45) is 2.55. The van der Waals surface area contributed by atoms with Crippen LogP contribution in [-0.2, 0) is 16.0 Å². The van der Waals surface area contributed by atoms with Crippen LogP contribution in [0.5, 0.6) is 0 Å². The van der Waals surface area contributed by atoms with Crippen LogP contribution >= 0.6 is 0 Å². The lowest BCUT2D eigenvalue weighted by Crippen LogP contribution is -2.41. The van der Waals surface area contributed by atoms with Gasteiger partial charge in [-0.25, -0.2) is 9.59 Å². The number of carboxylic acid groups (broad SMARTS) is 1. The molecule has 2 aromatic heterocycles. The third-order valence-corrected chi connectivity index (χ3v) is 5.36. The zero-order chi connectivity index (χ0) is 19.3. The van der Waals surface area contributed by atoms with E-state index in [0.717, 1.165) is 16.3 Å². The van der Waals surface area contributed by atoms with E-state index in [-0.39, 0.29) is 17.9 Å². The standard InChI is InChI=1S/C20H19NO6/c1-10-9-26-16-8-17-13(6-12(10)16)11(2)14(20(25)27-17)7-18(22)21-5-3-4-15(21)19(23)24/h6,8-9,15H,3-5,7H2,1-2H3,(H,23,24)/t15-/m0/s1. The SMILES string of the molecule is Cc1coc2cc3oc(=O)c(CC(=O)N4CCC[C@H]4C(=O)O)c(C)c3cc12. The van der Waals surface area contributed by atoms with Crippen molar-refractivity contribution in [2.24, 2.45) is 0 Å². The van der Waals surface area contributed by atoms with Crippen molar-refractivity contribution in [2.45, 2.75) is 39.2 Å². The van der Waals surface area contributed by atoms with E-state index >= 15 is 0 Å². The molecule has 1 aliphatic rings. The van der Waals surface area contributed by atoms with Crippen molar-refractivity contribution >= 4 is 33.8 Å². The third-order valence-electron chi connectivity index (χ3n) is 5.36. The number of amides is 1. The number of fused-ring (bicyclic) bond motifs is 2. The van der Waals surface area contributed by atoms with E-state index in [0.29, 0.717) is 36.1 Å². The highest BCUT2D eigenvalue weighted by Gasteiger charge is 2.34. The van der Waals surface area contributed by atoms with E-state index in [1.807, 2.05) is 13.0 Å². The van der Waals surface area contributed by atoms with E-state index < -0.39 is 17.6 Å². The van der Waals surface area contributed by atoms with Crippen LogP contribution in [0.1, 0.15) is 29.5 Å². The fraction of sp³-hybridized carbons (Fsp3) is 0.350. The van der Waals surface area contributed by atoms with Gasteiger partial charge in [0, 0.05) is 23.4 Å². The molecule has 27 heavy (non-hydrogen) atoms. The summed E-state index contributed by atoms with van der Waals surface area (Å²) in [4.78, 5) is 37.8. The molecule has 1 N–H and O–H groups in total. The summed E-state index contributed by atoms with van der Waals surface area (Å²) >= 11 is 0. The number of hydrogen-bond acceptors (Lipinski definition) is 5. The third kappa shape index (κ3) is 2.79. The average Bonchev–Trinajstić information content (AvgIpc) is 3.25. The number of furan rings is 1. The number of benzene rings is 1. The molecular formula is C20H19NO6. The number of hydrogen-bond donors (Lipinski definition) is 1. The molecule has 7 nitrogen and oxygen atoms in total. The molecule has 0 aliphatic carbocycles. The maximum absolute atomic E-state index is 12.7. The normalized spacial score (nSPS) is 17.1. The van der Waals surface area contributed by atoms with Crippen LogP contribution in [0.15, 0.2) is 32.0 Å². The second-order valence-electron chi connectivity index (χ2n) is 7.02. The van der Waals surface area contributed by atoms with Gasteiger partial charge in [-0.1, -0.05) is 0 Å². The van der Waals surface area contributed by atoms with Gasteiger partial charge in [0.2, 0.25) is 5.91 Å². The van der Waals surface area contributed by atoms with Gasteiger partial charge in [-0.2, -0.15) is 0 Å². The highest BCUT2D eigenvalue weighted by atomic mass is 16.4. The summed E-state index contributed by atoms with van der Waals surface area (Å²) in [5.74, 6) is -1.38. The summed E-state index contributed by atoms with van der Waals surface area (Å²) in [5.41, 5.74) is 2.36. The molecule has 1 atom stereocenters. The maximum atomic E-state index is 12.7. The summed E-state index contributed by atoms with van der Waals surface area (Å²) in [7, 11) is 0. The molecule has 0 bridgehead atoms. The summed E-state index contributed by atoms with van der Waals surface area (Å²) in [5, 5.41) is 10.9. The predicted octanol–water partition coefficient (Wildman–Crippen LogP) is 2.77. The number of carbonyl (C=O) groups is 2. The first-order chi connectivity index (χ1) is 12.9. The molecule has 0 radical (unpaired) electrons. The van der Waals surface area contributed by atoms with Crippen molar-refractivity contribution in [1.29, 1.82) is 0 Å². The van der Waals surface area contributed by atoms with Crippen LogP contribution in [-0.4, -0.2) is 34.5 Å². The van der Waals surface area contributed by atoms with Gasteiger partial charge in [-0.15, -0.1) is 0 Å². The number of likely N-dealkylation sites (tertiary alicyclic amines) is 1. The highest BCUT2D eigenvalue weighted by molar-refractivity contribution is 5.96. The first-order valence-electron chi connectivity index (χ1n) is 8.83. The van der Waals surface area contributed by atoms with E-state index in [4.69, 9.17) is 8.83 Å². The lowest BCUT2D eigenvalue weighted by atomic mass is 10.0. The zero-order valence-corrected chi connectivity index (χ0v) is 15.1. The van der Waals surface area contributed by atoms with Crippen LogP contribution in [0.3, 0.4) is 0 Å². The Morgan fingerprint density at radius 1 is 1.22 bits per heavy atom. The first kappa shape index (κ1) is 17.3. The Morgan fingerprint density at radius 2 is 2.00 bits per heavy atom. The summed E-state index contributed by atoms with van der Waals surface area (Å²) in [6, 6.07) is 2.75. The van der Waals surface area contributed by atoms with Gasteiger partial charge in [0.1, 0.15) is 17.2 Å². The molecular weight excluding hydrogens is 350 g/mol. The fourth-order valence-corrected chi connectivity index (χ4v) is 3.82. The Balaban J connectivity index is 1.76. The molecule has 0 spiro atoms. The van der Waals surface area contributed by atoms with Crippen molar-refractivity contribution in [3.63, 3.8) is 0 Å². The van der Waals surface area contributed by atoms with Crippen LogP contribution < -0.4 is 5.63 Å². The number of carboxylic acids is 1. The largest absolute Gasteiger partial charge is 0.480 e. The van der Waals surface area contributed by atoms with Crippen molar-refractivity contribution in [2.75, 3.05) is 6.54 Å². The Hall–Kier alpha value is -3.09. The van der Waals surface area contributed by atoms with Crippen LogP contribution in [0.2, 0.25) is 0 Å². The van der Waals surface area contributed by atoms with Crippen LogP contribution in [0.25, 0.3) is 21.9 Å². The number of aliphatic carboxylic acids is 1. The number of rotatable bonds is 3. The molecule has 0 saturated carbocycles. The van der Waals surface area contributed by atoms with Gasteiger partial charge in [-0.3, -0.25) is 4.79 Å². The zero-order valence-electron chi connectivity index (χ0n) is 15.1. The monoisotopic (exact) mass is 369 g/mol. The van der Waals surface area contributed by atoms with Crippen LogP contribution in [0, 0.1) is 13.8 Å². The number of nitrogens with zero attached hydrogens (tertiary/aromatic N) is 1. The van der Waals surface area contributed by atoms with Gasteiger partial charge in [0.05, 0.1) is 18.2 Å². The first-order valence-corrected chi connectivity index (χ1v) is 8.83. The predicted molar refractivity (Wildman–Crippen MR) is 97.8 cm³/mol. The Bertz CT molecular complexity index is 1140. The Kier molecular flexibility index (Phi) is 4.02. The second-order valence-corrected chi connectivity index (χ2v) is 7.02. The number of aryl methyl sites for hydroxylation is 2. The second kappa shape index (κ2) is 6.26. The minimum Gasteiger partial charge on any atom is -0.480 e. The van der Waals surface area contributed by atoms with Crippen molar-refractivity contribution in [3.8, 4) is 0 Å². The smallest absolute Gasteiger partial charge is 0.340 e. The molecule has 3 heterocycles. The van der Waals surface area contributed by atoms with Gasteiger partial charge >= 0.3 is 11.6 Å². The molecule has 1 aromatic carbocycles. The Morgan fingerprint density at radius 3 is 2.74 bits per heavy atom. The molecule has 1 aliphatic heterocycles. The topological polar surface area (TPSA) is 101 Å². The van der Waals surface area contributed by atoms with E-state index in [2.05, 4.69) is 0 Å². The Labute approximate surface area is 154 Å². The van der Waals surface area contributed by atoms with E-state index in [1.165, 1.54) is 4.90 Å². The quantitative estimate of drug-likeness (QED) is 0.713. The van der Waals surface area contributed by atoms with Gasteiger partial charge in [0.15, 0.2) is 0 Å². The van der Waals surface area contributed by atoms with Crippen molar-refractivity contribution < 1.29 is 23.5 Å². The minimum atomic E-state index is -1.01. The lowest BCUT2D eigenvalue weighted by Gasteiger charge is -2.21. The van der Waals surface area contributed by atoms with Gasteiger partial charge < -0.3 is 18.8 Å². The average molecular weight is 369 g/mol. The summed E-state index contributed by atoms with van der Waals surface area (Å²) in [6.45, 7) is 4.10. The molecule has 1 saturated heterocycles.